The molecule has 0 bridgehead atoms. The predicted molar refractivity (Wildman–Crippen MR) is 55.5 cm³/mol. The first-order valence-electron chi connectivity index (χ1n) is 4.96. The van der Waals surface area contributed by atoms with Gasteiger partial charge in [0, 0.05) is 0 Å². The number of carbonyl (C=O) groups is 2. The number of nitrogens with two attached hydrogens (primary N) is 2. The van der Waals surface area contributed by atoms with E-state index in [2.05, 4.69) is 0 Å². The Bertz CT molecular complexity index is 254. The highest BCUT2D eigenvalue weighted by molar-refractivity contribution is 5.77. The fraction of sp³-hybridized carbons (Fsp3) is 0.778. The summed E-state index contributed by atoms with van der Waals surface area (Å²) in [4.78, 5) is 20.7. The fourth-order valence-corrected chi connectivity index (χ4v) is 1.21. The van der Waals surface area contributed by atoms with Gasteiger partial charge in [0.25, 0.3) is 0 Å². The van der Waals surface area contributed by atoms with Crippen LogP contribution in [-0.4, -0.2) is 39.0 Å². The average molecular weight is 234 g/mol. The molecule has 0 aromatic heterocycles. The standard InChI is InChI=1S/C9H18N2O5/c10-9(11,8(15)16)4-2-1-3-6(12)5-7(13)14/h6,12H,1-5,10-11H2,(H,13,14)(H,15,16). The number of hydrogen-bond acceptors (Lipinski definition) is 5. The molecule has 7 N–H and O–H groups in total. The van der Waals surface area contributed by atoms with Crippen molar-refractivity contribution in [1.82, 2.24) is 0 Å². The van der Waals surface area contributed by atoms with E-state index in [1.165, 1.54) is 0 Å². The van der Waals surface area contributed by atoms with E-state index < -0.39 is 23.7 Å². The lowest BCUT2D eigenvalue weighted by molar-refractivity contribution is -0.143. The first-order chi connectivity index (χ1) is 7.25. The van der Waals surface area contributed by atoms with Crippen LogP contribution in [0.3, 0.4) is 0 Å². The molecular formula is C9H18N2O5. The number of rotatable bonds is 8. The Kier molecular flexibility index (Phi) is 5.94. The van der Waals surface area contributed by atoms with Crippen LogP contribution in [0.1, 0.15) is 32.1 Å². The van der Waals surface area contributed by atoms with Gasteiger partial charge in [-0.05, 0) is 19.3 Å². The maximum absolute atomic E-state index is 10.5. The van der Waals surface area contributed by atoms with E-state index in [1.807, 2.05) is 0 Å². The number of carboxylic acid groups (broad SMARTS) is 2. The minimum absolute atomic E-state index is 0.0854. The van der Waals surface area contributed by atoms with Gasteiger partial charge in [0.05, 0.1) is 12.5 Å². The van der Waals surface area contributed by atoms with Crippen LogP contribution in [0.25, 0.3) is 0 Å². The number of hydrogen-bond donors (Lipinski definition) is 5. The molecule has 0 aromatic rings. The summed E-state index contributed by atoms with van der Waals surface area (Å²) < 4.78 is 0. The molecule has 1 unspecified atom stereocenters. The number of carboxylic acids is 2. The molecule has 0 saturated carbocycles. The third-order valence-electron chi connectivity index (χ3n) is 2.19. The van der Waals surface area contributed by atoms with Gasteiger partial charge in [-0.15, -0.1) is 0 Å². The molecule has 7 heteroatoms. The first-order valence-corrected chi connectivity index (χ1v) is 4.96. The van der Waals surface area contributed by atoms with Gasteiger partial charge in [0.1, 0.15) is 0 Å². The molecule has 0 heterocycles. The Balaban J connectivity index is 3.68. The molecule has 94 valence electrons. The molecule has 0 radical (unpaired) electrons. The molecule has 0 aliphatic carbocycles. The lowest BCUT2D eigenvalue weighted by atomic mass is 10.0. The van der Waals surface area contributed by atoms with Gasteiger partial charge in [-0.3, -0.25) is 4.79 Å². The van der Waals surface area contributed by atoms with Crippen molar-refractivity contribution in [3.05, 3.63) is 0 Å². The van der Waals surface area contributed by atoms with Crippen LogP contribution in [0.2, 0.25) is 0 Å². The zero-order valence-electron chi connectivity index (χ0n) is 8.93. The summed E-state index contributed by atoms with van der Waals surface area (Å²) in [5.74, 6) is -2.34. The van der Waals surface area contributed by atoms with Crippen LogP contribution < -0.4 is 11.5 Å². The molecule has 0 rings (SSSR count). The van der Waals surface area contributed by atoms with Crippen LogP contribution in [0.4, 0.5) is 0 Å². The van der Waals surface area contributed by atoms with Crippen molar-refractivity contribution >= 4 is 11.9 Å². The highest BCUT2D eigenvalue weighted by atomic mass is 16.4. The summed E-state index contributed by atoms with van der Waals surface area (Å²) in [6.45, 7) is 0. The molecule has 0 saturated heterocycles. The third-order valence-corrected chi connectivity index (χ3v) is 2.19. The fourth-order valence-electron chi connectivity index (χ4n) is 1.21. The normalized spacial score (nSPS) is 13.4. The average Bonchev–Trinajstić information content (AvgIpc) is 2.11. The van der Waals surface area contributed by atoms with Crippen LogP contribution in [0.5, 0.6) is 0 Å². The molecule has 0 aliphatic rings. The lowest BCUT2D eigenvalue weighted by Gasteiger charge is -2.18. The molecule has 7 nitrogen and oxygen atoms in total. The summed E-state index contributed by atoms with van der Waals surface area (Å²) >= 11 is 0. The molecule has 1 atom stereocenters. The van der Waals surface area contributed by atoms with E-state index in [9.17, 15) is 14.7 Å². The maximum atomic E-state index is 10.5. The van der Waals surface area contributed by atoms with Crippen molar-refractivity contribution in [2.75, 3.05) is 0 Å². The second-order valence-electron chi connectivity index (χ2n) is 3.84. The van der Waals surface area contributed by atoms with Gasteiger partial charge in [-0.25, -0.2) is 4.79 Å². The van der Waals surface area contributed by atoms with Crippen LogP contribution in [0.15, 0.2) is 0 Å². The van der Waals surface area contributed by atoms with Crippen molar-refractivity contribution in [1.29, 1.82) is 0 Å². The second kappa shape index (κ2) is 6.41. The molecule has 16 heavy (non-hydrogen) atoms. The minimum Gasteiger partial charge on any atom is -0.481 e. The van der Waals surface area contributed by atoms with E-state index in [0.717, 1.165) is 0 Å². The van der Waals surface area contributed by atoms with Gasteiger partial charge in [0.2, 0.25) is 0 Å². The summed E-state index contributed by atoms with van der Waals surface area (Å²) in [5.41, 5.74) is 8.81. The second-order valence-corrected chi connectivity index (χ2v) is 3.84. The van der Waals surface area contributed by atoms with Gasteiger partial charge >= 0.3 is 11.9 Å². The van der Waals surface area contributed by atoms with E-state index in [1.54, 1.807) is 0 Å². The summed E-state index contributed by atoms with van der Waals surface area (Å²) in [6.07, 6.45) is 0.0695. The molecular weight excluding hydrogens is 216 g/mol. The Labute approximate surface area is 93.0 Å². The topological polar surface area (TPSA) is 147 Å². The van der Waals surface area contributed by atoms with Gasteiger partial charge in [0.15, 0.2) is 5.66 Å². The Morgan fingerprint density at radius 1 is 1.19 bits per heavy atom. The summed E-state index contributed by atoms with van der Waals surface area (Å²) in [7, 11) is 0. The van der Waals surface area contributed by atoms with E-state index in [-0.39, 0.29) is 12.8 Å². The van der Waals surface area contributed by atoms with Crippen LogP contribution in [-0.2, 0) is 9.59 Å². The van der Waals surface area contributed by atoms with Crippen LogP contribution in [0, 0.1) is 0 Å². The quantitative estimate of drug-likeness (QED) is 0.269. The number of aliphatic hydroxyl groups excluding tert-OH is 1. The van der Waals surface area contributed by atoms with Crippen molar-refractivity contribution in [2.24, 2.45) is 11.5 Å². The van der Waals surface area contributed by atoms with E-state index in [0.29, 0.717) is 19.3 Å². The summed E-state index contributed by atoms with van der Waals surface area (Å²) in [6, 6.07) is 0. The largest absolute Gasteiger partial charge is 0.481 e. The lowest BCUT2D eigenvalue weighted by Crippen LogP contribution is -2.56. The SMILES string of the molecule is NC(N)(CCCCC(O)CC(=O)O)C(=O)O. The Morgan fingerprint density at radius 2 is 1.75 bits per heavy atom. The maximum Gasteiger partial charge on any atom is 0.338 e. The first kappa shape index (κ1) is 14.8. The zero-order valence-corrected chi connectivity index (χ0v) is 8.93. The molecule has 0 aromatic carbocycles. The highest BCUT2D eigenvalue weighted by Crippen LogP contribution is 2.10. The smallest absolute Gasteiger partial charge is 0.338 e. The number of aliphatic carboxylic acids is 2. The Hall–Kier alpha value is -1.18. The third kappa shape index (κ3) is 6.33. The van der Waals surface area contributed by atoms with Gasteiger partial charge in [-0.2, -0.15) is 0 Å². The van der Waals surface area contributed by atoms with E-state index in [4.69, 9.17) is 21.7 Å². The zero-order chi connectivity index (χ0) is 12.8. The van der Waals surface area contributed by atoms with Crippen LogP contribution >= 0.6 is 0 Å². The van der Waals surface area contributed by atoms with E-state index >= 15 is 0 Å². The minimum atomic E-state index is -1.75. The van der Waals surface area contributed by atoms with Crippen molar-refractivity contribution < 1.29 is 24.9 Å². The summed E-state index contributed by atoms with van der Waals surface area (Å²) in [5, 5.41) is 26.2. The number of unbranched alkanes of at least 4 members (excludes halogenated alkanes) is 1. The molecule has 0 amide bonds. The van der Waals surface area contributed by atoms with Crippen molar-refractivity contribution in [3.8, 4) is 0 Å². The monoisotopic (exact) mass is 234 g/mol. The van der Waals surface area contributed by atoms with Crippen molar-refractivity contribution in [2.45, 2.75) is 43.9 Å². The Morgan fingerprint density at radius 3 is 2.19 bits per heavy atom. The molecule has 0 spiro atoms. The molecule has 0 fully saturated rings. The van der Waals surface area contributed by atoms with Gasteiger partial charge < -0.3 is 26.8 Å². The highest BCUT2D eigenvalue weighted by Gasteiger charge is 2.27. The number of aliphatic hydroxyl groups is 1. The predicted octanol–water partition coefficient (Wildman–Crippen LogP) is -0.919. The van der Waals surface area contributed by atoms with Crippen molar-refractivity contribution in [3.63, 3.8) is 0 Å². The van der Waals surface area contributed by atoms with Gasteiger partial charge in [-0.1, -0.05) is 6.42 Å². The molecule has 0 aliphatic heterocycles.